The van der Waals surface area contributed by atoms with Crippen LogP contribution in [0.25, 0.3) is 10.6 Å². The van der Waals surface area contributed by atoms with E-state index in [4.69, 9.17) is 10.00 Å². The molecule has 196 valence electrons. The van der Waals surface area contributed by atoms with Crippen molar-refractivity contribution in [2.24, 2.45) is 0 Å². The van der Waals surface area contributed by atoms with Gasteiger partial charge >= 0.3 is 7.60 Å². The number of nitriles is 1. The fourth-order valence-corrected chi connectivity index (χ4v) is 6.90. The van der Waals surface area contributed by atoms with Crippen LogP contribution in [0.5, 0.6) is 5.75 Å². The highest BCUT2D eigenvalue weighted by Crippen LogP contribution is 2.50. The number of nitrogens with zero attached hydrogens (tertiary/aromatic N) is 4. The lowest BCUT2D eigenvalue weighted by Crippen LogP contribution is -2.35. The Morgan fingerprint density at radius 1 is 1.13 bits per heavy atom. The number of hydrogen-bond donors (Lipinski definition) is 3. The molecule has 2 heterocycles. The number of halogens is 1. The summed E-state index contributed by atoms with van der Waals surface area (Å²) in [6.07, 6.45) is 3.85. The third-order valence-corrected chi connectivity index (χ3v) is 9.20. The normalized spacial score (nSPS) is 12.6. The highest BCUT2D eigenvalue weighted by atomic mass is 32.2. The van der Waals surface area contributed by atoms with E-state index in [2.05, 4.69) is 10.2 Å². The van der Waals surface area contributed by atoms with Crippen molar-refractivity contribution in [1.82, 2.24) is 14.9 Å². The molecule has 4 aromatic rings. The maximum absolute atomic E-state index is 14.0. The summed E-state index contributed by atoms with van der Waals surface area (Å²) >= 11 is 0.684. The summed E-state index contributed by atoms with van der Waals surface area (Å²) < 4.78 is 60.9. The average molecular weight is 577 g/mol. The van der Waals surface area contributed by atoms with Gasteiger partial charge in [0.2, 0.25) is 4.34 Å². The van der Waals surface area contributed by atoms with Crippen molar-refractivity contribution in [3.63, 3.8) is 0 Å². The Morgan fingerprint density at radius 2 is 1.84 bits per heavy atom. The second-order valence-corrected chi connectivity index (χ2v) is 12.4. The molecule has 0 aliphatic heterocycles. The molecule has 11 nitrogen and oxygen atoms in total. The second kappa shape index (κ2) is 11.4. The molecule has 1 atom stereocenters. The molecule has 3 N–H and O–H groups in total. The van der Waals surface area contributed by atoms with E-state index in [-0.39, 0.29) is 16.1 Å². The molecule has 0 fully saturated rings. The van der Waals surface area contributed by atoms with Crippen LogP contribution in [0.4, 0.5) is 4.39 Å². The molecule has 1 unspecified atom stereocenters. The number of nitrogens with one attached hydrogen (secondary N) is 1. The predicted octanol–water partition coefficient (Wildman–Crippen LogP) is 2.74. The first-order chi connectivity index (χ1) is 18.1. The standard InChI is InChI=1S/C23H19FN5O6PS2/c24-20-14-17(4-5-18(20)15-25)21(36(30,31)32)28-38(33,34)23-27-26-22(37-23)16-6-8-19(9-7-16)35-13-12-29-10-2-1-3-11-29/h1-11,14,21,28H,12-13H2,(H-,30,31,32)/p+1. The highest BCUT2D eigenvalue weighted by molar-refractivity contribution is 7.91. The minimum atomic E-state index is -5.14. The van der Waals surface area contributed by atoms with Gasteiger partial charge in [-0.25, -0.2) is 17.4 Å². The van der Waals surface area contributed by atoms with E-state index < -0.39 is 33.6 Å². The average Bonchev–Trinajstić information content (AvgIpc) is 3.39. The van der Waals surface area contributed by atoms with Gasteiger partial charge in [0.05, 0.1) is 5.56 Å². The van der Waals surface area contributed by atoms with E-state index >= 15 is 0 Å². The molecular weight excluding hydrogens is 556 g/mol. The zero-order valence-corrected chi connectivity index (χ0v) is 21.9. The van der Waals surface area contributed by atoms with Crippen LogP contribution >= 0.6 is 18.9 Å². The Bertz CT molecular complexity index is 1620. The van der Waals surface area contributed by atoms with E-state index in [9.17, 15) is 27.2 Å². The number of rotatable bonds is 10. The van der Waals surface area contributed by atoms with Gasteiger partial charge in [0.1, 0.15) is 35.0 Å². The Labute approximate surface area is 221 Å². The van der Waals surface area contributed by atoms with Crippen LogP contribution in [0.15, 0.2) is 77.4 Å². The molecule has 0 aliphatic carbocycles. The summed E-state index contributed by atoms with van der Waals surface area (Å²) in [6, 6.07) is 16.8. The molecule has 15 heteroatoms. The van der Waals surface area contributed by atoms with Crippen LogP contribution in [0.2, 0.25) is 0 Å². The SMILES string of the molecule is N#Cc1ccc(C(NS(=O)(=O)c2nnc(-c3ccc(OCC[n+]4ccccc4)cc3)s2)P(=O)(O)O)cc1F. The Kier molecular flexibility index (Phi) is 8.27. The lowest BCUT2D eigenvalue weighted by molar-refractivity contribution is -0.697. The van der Waals surface area contributed by atoms with E-state index in [1.54, 1.807) is 30.3 Å². The molecule has 38 heavy (non-hydrogen) atoms. The fourth-order valence-electron chi connectivity index (χ4n) is 3.30. The lowest BCUT2D eigenvalue weighted by atomic mass is 10.1. The Balaban J connectivity index is 1.47. The summed E-state index contributed by atoms with van der Waals surface area (Å²) in [4.78, 5) is 19.5. The van der Waals surface area contributed by atoms with Crippen molar-refractivity contribution in [2.75, 3.05) is 6.61 Å². The maximum atomic E-state index is 14.0. The zero-order valence-electron chi connectivity index (χ0n) is 19.4. The Hall–Kier alpha value is -3.57. The van der Waals surface area contributed by atoms with Crippen LogP contribution in [0.3, 0.4) is 0 Å². The third-order valence-electron chi connectivity index (χ3n) is 5.17. The minimum absolute atomic E-state index is 0.244. The van der Waals surface area contributed by atoms with Gasteiger partial charge in [-0.3, -0.25) is 4.57 Å². The van der Waals surface area contributed by atoms with E-state index in [1.807, 2.05) is 39.9 Å². The van der Waals surface area contributed by atoms with Gasteiger partial charge < -0.3 is 14.5 Å². The minimum Gasteiger partial charge on any atom is -0.487 e. The number of ether oxygens (including phenoxy) is 1. The van der Waals surface area contributed by atoms with Crippen molar-refractivity contribution >= 4 is 29.0 Å². The molecule has 0 saturated heterocycles. The number of hydrogen-bond acceptors (Lipinski definition) is 8. The molecule has 0 radical (unpaired) electrons. The molecule has 2 aromatic heterocycles. The first-order valence-corrected chi connectivity index (χ1v) is 14.8. The van der Waals surface area contributed by atoms with E-state index in [1.165, 1.54) is 0 Å². The number of pyridine rings is 1. The molecule has 2 aromatic carbocycles. The molecule has 0 bridgehead atoms. The molecular formula is C23H20FN5O6PS2+. The Morgan fingerprint density at radius 3 is 2.47 bits per heavy atom. The third kappa shape index (κ3) is 6.65. The largest absolute Gasteiger partial charge is 0.487 e. The highest BCUT2D eigenvalue weighted by Gasteiger charge is 2.36. The van der Waals surface area contributed by atoms with Crippen LogP contribution in [0.1, 0.15) is 16.9 Å². The molecule has 0 amide bonds. The first kappa shape index (κ1) is 27.5. The topological polar surface area (TPSA) is 166 Å². The number of aromatic nitrogens is 3. The summed E-state index contributed by atoms with van der Waals surface area (Å²) in [7, 11) is -9.71. The number of benzene rings is 2. The van der Waals surface area contributed by atoms with Gasteiger partial charge in [0.25, 0.3) is 10.0 Å². The molecule has 0 saturated carbocycles. The van der Waals surface area contributed by atoms with Crippen molar-refractivity contribution in [3.8, 4) is 22.4 Å². The van der Waals surface area contributed by atoms with Gasteiger partial charge in [-0.2, -0.15) is 9.98 Å². The summed E-state index contributed by atoms with van der Waals surface area (Å²) in [5, 5.41) is 16.6. The van der Waals surface area contributed by atoms with Crippen molar-refractivity contribution in [3.05, 3.63) is 90.0 Å². The monoisotopic (exact) mass is 576 g/mol. The predicted molar refractivity (Wildman–Crippen MR) is 134 cm³/mol. The van der Waals surface area contributed by atoms with E-state index in [0.717, 1.165) is 12.1 Å². The first-order valence-electron chi connectivity index (χ1n) is 10.8. The maximum Gasteiger partial charge on any atom is 0.347 e. The summed E-state index contributed by atoms with van der Waals surface area (Å²) in [5.74, 6) is -2.55. The van der Waals surface area contributed by atoms with Crippen LogP contribution < -0.4 is 14.0 Å². The van der Waals surface area contributed by atoms with Crippen LogP contribution in [-0.4, -0.2) is 35.0 Å². The zero-order chi connectivity index (χ0) is 27.3. The molecule has 4 rings (SSSR count). The van der Waals surface area contributed by atoms with Crippen LogP contribution in [-0.2, 0) is 21.1 Å². The van der Waals surface area contributed by atoms with Crippen LogP contribution in [0, 0.1) is 17.1 Å². The lowest BCUT2D eigenvalue weighted by Gasteiger charge is -2.19. The second-order valence-electron chi connectivity index (χ2n) is 7.82. The van der Waals surface area contributed by atoms with E-state index in [0.29, 0.717) is 41.9 Å². The summed E-state index contributed by atoms with van der Waals surface area (Å²) in [5.41, 5.74) is -0.167. The fraction of sp³-hybridized carbons (Fsp3) is 0.130. The smallest absolute Gasteiger partial charge is 0.347 e. The van der Waals surface area contributed by atoms with Gasteiger partial charge in [0.15, 0.2) is 18.9 Å². The van der Waals surface area contributed by atoms with Gasteiger partial charge in [-0.15, -0.1) is 10.2 Å². The van der Waals surface area contributed by atoms with Gasteiger partial charge in [0, 0.05) is 17.7 Å². The van der Waals surface area contributed by atoms with Crippen molar-refractivity contribution in [2.45, 2.75) is 16.7 Å². The quantitative estimate of drug-likeness (QED) is 0.190. The molecule has 0 aliphatic rings. The van der Waals surface area contributed by atoms with Gasteiger partial charge in [-0.1, -0.05) is 23.5 Å². The summed E-state index contributed by atoms with van der Waals surface area (Å²) in [6.45, 7) is 1.09. The van der Waals surface area contributed by atoms with Gasteiger partial charge in [-0.05, 0) is 42.0 Å². The van der Waals surface area contributed by atoms with Crippen molar-refractivity contribution < 1.29 is 36.5 Å². The molecule has 0 spiro atoms. The van der Waals surface area contributed by atoms with Crippen molar-refractivity contribution in [1.29, 1.82) is 5.26 Å². The number of sulfonamides is 1.